The summed E-state index contributed by atoms with van der Waals surface area (Å²) in [5, 5.41) is 13.4. The van der Waals surface area contributed by atoms with Gasteiger partial charge in [0.05, 0.1) is 11.3 Å². The molecule has 1 amide bonds. The zero-order valence-electron chi connectivity index (χ0n) is 16.7. The first-order valence-electron chi connectivity index (χ1n) is 9.85. The van der Waals surface area contributed by atoms with Crippen LogP contribution < -0.4 is 0 Å². The van der Waals surface area contributed by atoms with E-state index < -0.39 is 20.6 Å². The fourth-order valence-electron chi connectivity index (χ4n) is 3.78. The van der Waals surface area contributed by atoms with Crippen LogP contribution in [0.4, 0.5) is 5.69 Å². The van der Waals surface area contributed by atoms with Crippen molar-refractivity contribution in [2.24, 2.45) is 0 Å². The normalized spacial score (nSPS) is 15.2. The molecule has 0 aromatic heterocycles. The Morgan fingerprint density at radius 2 is 1.55 bits per heavy atom. The second-order valence-electron chi connectivity index (χ2n) is 7.37. The van der Waals surface area contributed by atoms with Gasteiger partial charge in [0.1, 0.15) is 0 Å². The fourth-order valence-corrected chi connectivity index (χ4v) is 5.36. The minimum atomic E-state index is -4.02. The van der Waals surface area contributed by atoms with Crippen molar-refractivity contribution in [3.8, 4) is 0 Å². The predicted octanol–water partition coefficient (Wildman–Crippen LogP) is 2.82. The molecule has 0 unspecified atom stereocenters. The molecule has 160 valence electrons. The smallest absolute Gasteiger partial charge is 0.289 e. The average molecular weight is 439 g/mol. The molecule has 31 heavy (non-hydrogen) atoms. The zero-order chi connectivity index (χ0) is 22.0. The standard InChI is InChI=1S/C22H21N3O5S/c26-22(16-17-9-10-18-5-1-2-6-19(18)15-17)23-11-13-24(14-12-23)31(29,30)21-8-4-3-7-20(21)25(27)28/h1-10,15H,11-14,16H2. The summed E-state index contributed by atoms with van der Waals surface area (Å²) in [5.41, 5.74) is 0.455. The van der Waals surface area contributed by atoms with E-state index in [0.29, 0.717) is 0 Å². The Labute approximate surface area is 179 Å². The van der Waals surface area contributed by atoms with Crippen LogP contribution in [0.15, 0.2) is 71.6 Å². The highest BCUT2D eigenvalue weighted by Crippen LogP contribution is 2.27. The number of amides is 1. The van der Waals surface area contributed by atoms with E-state index in [1.54, 1.807) is 4.90 Å². The highest BCUT2D eigenvalue weighted by atomic mass is 32.2. The molecule has 0 N–H and O–H groups in total. The third-order valence-corrected chi connectivity index (χ3v) is 7.39. The molecule has 1 aliphatic rings. The first-order chi connectivity index (χ1) is 14.9. The van der Waals surface area contributed by atoms with Gasteiger partial charge in [-0.15, -0.1) is 0 Å². The van der Waals surface area contributed by atoms with Crippen LogP contribution in [0.1, 0.15) is 5.56 Å². The van der Waals surface area contributed by atoms with Crippen molar-refractivity contribution < 1.29 is 18.1 Å². The van der Waals surface area contributed by atoms with Gasteiger partial charge in [0.2, 0.25) is 15.9 Å². The molecule has 8 nitrogen and oxygen atoms in total. The molecule has 1 saturated heterocycles. The van der Waals surface area contributed by atoms with E-state index in [9.17, 15) is 23.3 Å². The highest BCUT2D eigenvalue weighted by molar-refractivity contribution is 7.89. The second kappa shape index (κ2) is 8.44. The van der Waals surface area contributed by atoms with Crippen LogP contribution in [0.3, 0.4) is 0 Å². The lowest BCUT2D eigenvalue weighted by Crippen LogP contribution is -2.50. The molecule has 3 aromatic rings. The van der Waals surface area contributed by atoms with Crippen LogP contribution in [-0.4, -0.2) is 54.6 Å². The van der Waals surface area contributed by atoms with Gasteiger partial charge in [-0.25, -0.2) is 8.42 Å². The molecule has 0 saturated carbocycles. The Balaban J connectivity index is 1.43. The van der Waals surface area contributed by atoms with Gasteiger partial charge < -0.3 is 4.90 Å². The first kappa shape index (κ1) is 21.0. The van der Waals surface area contributed by atoms with E-state index in [2.05, 4.69) is 0 Å². The first-order valence-corrected chi connectivity index (χ1v) is 11.3. The van der Waals surface area contributed by atoms with Gasteiger partial charge in [-0.05, 0) is 22.4 Å². The predicted molar refractivity (Wildman–Crippen MR) is 116 cm³/mol. The van der Waals surface area contributed by atoms with Gasteiger partial charge in [0, 0.05) is 32.2 Å². The lowest BCUT2D eigenvalue weighted by Gasteiger charge is -2.34. The average Bonchev–Trinajstić information content (AvgIpc) is 2.79. The Bertz CT molecular complexity index is 1250. The van der Waals surface area contributed by atoms with Gasteiger partial charge in [-0.2, -0.15) is 4.31 Å². The lowest BCUT2D eigenvalue weighted by atomic mass is 10.0. The van der Waals surface area contributed by atoms with Crippen molar-refractivity contribution in [3.63, 3.8) is 0 Å². The van der Waals surface area contributed by atoms with Gasteiger partial charge >= 0.3 is 0 Å². The minimum Gasteiger partial charge on any atom is -0.340 e. The summed E-state index contributed by atoms with van der Waals surface area (Å²) in [5.74, 6) is -0.0713. The number of nitrogens with zero attached hydrogens (tertiary/aromatic N) is 3. The number of carbonyl (C=O) groups excluding carboxylic acids is 1. The second-order valence-corrected chi connectivity index (χ2v) is 9.27. The third-order valence-electron chi connectivity index (χ3n) is 5.44. The number of hydrogen-bond donors (Lipinski definition) is 0. The van der Waals surface area contributed by atoms with E-state index in [1.165, 1.54) is 28.6 Å². The molecular formula is C22H21N3O5S. The SMILES string of the molecule is O=C(Cc1ccc2ccccc2c1)N1CCN(S(=O)(=O)c2ccccc2[N+](=O)[O-])CC1. The molecule has 0 bridgehead atoms. The number of rotatable bonds is 5. The van der Waals surface area contributed by atoms with E-state index in [-0.39, 0.29) is 43.4 Å². The van der Waals surface area contributed by atoms with Crippen molar-refractivity contribution >= 4 is 32.4 Å². The van der Waals surface area contributed by atoms with Crippen LogP contribution in [0.25, 0.3) is 10.8 Å². The van der Waals surface area contributed by atoms with Crippen LogP contribution in [-0.2, 0) is 21.2 Å². The van der Waals surface area contributed by atoms with Crippen LogP contribution >= 0.6 is 0 Å². The quantitative estimate of drug-likeness (QED) is 0.449. The summed E-state index contributed by atoms with van der Waals surface area (Å²) in [4.78, 5) is 24.6. The Kier molecular flexibility index (Phi) is 5.71. The number of fused-ring (bicyclic) bond motifs is 1. The van der Waals surface area contributed by atoms with Crippen LogP contribution in [0, 0.1) is 10.1 Å². The highest BCUT2D eigenvalue weighted by Gasteiger charge is 2.34. The molecule has 0 aliphatic carbocycles. The summed E-state index contributed by atoms with van der Waals surface area (Å²) in [6.07, 6.45) is 0.238. The number of para-hydroxylation sites is 1. The molecule has 0 spiro atoms. The molecule has 1 heterocycles. The van der Waals surface area contributed by atoms with Crippen molar-refractivity contribution in [1.29, 1.82) is 0 Å². The Morgan fingerprint density at radius 3 is 2.26 bits per heavy atom. The van der Waals surface area contributed by atoms with E-state index in [1.807, 2.05) is 42.5 Å². The minimum absolute atomic E-state index is 0.0713. The largest absolute Gasteiger partial charge is 0.340 e. The van der Waals surface area contributed by atoms with Gasteiger partial charge in [0.25, 0.3) is 5.69 Å². The van der Waals surface area contributed by atoms with Crippen molar-refractivity contribution in [2.45, 2.75) is 11.3 Å². The van der Waals surface area contributed by atoms with Crippen molar-refractivity contribution in [1.82, 2.24) is 9.21 Å². The maximum absolute atomic E-state index is 12.9. The van der Waals surface area contributed by atoms with Gasteiger partial charge in [0.15, 0.2) is 4.90 Å². The van der Waals surface area contributed by atoms with E-state index >= 15 is 0 Å². The number of nitro groups is 1. The summed E-state index contributed by atoms with van der Waals surface area (Å²) in [6, 6.07) is 19.1. The molecule has 9 heteroatoms. The number of nitro benzene ring substituents is 1. The van der Waals surface area contributed by atoms with E-state index in [0.717, 1.165) is 16.3 Å². The molecule has 1 fully saturated rings. The topological polar surface area (TPSA) is 101 Å². The van der Waals surface area contributed by atoms with Crippen molar-refractivity contribution in [2.75, 3.05) is 26.2 Å². The molecule has 0 atom stereocenters. The maximum atomic E-state index is 12.9. The van der Waals surface area contributed by atoms with Gasteiger partial charge in [-0.3, -0.25) is 14.9 Å². The van der Waals surface area contributed by atoms with E-state index in [4.69, 9.17) is 0 Å². The monoisotopic (exact) mass is 439 g/mol. The number of sulfonamides is 1. The number of hydrogen-bond acceptors (Lipinski definition) is 5. The fraction of sp³-hybridized carbons (Fsp3) is 0.227. The zero-order valence-corrected chi connectivity index (χ0v) is 17.5. The summed E-state index contributed by atoms with van der Waals surface area (Å²) in [6.45, 7) is 0.675. The summed E-state index contributed by atoms with van der Waals surface area (Å²) >= 11 is 0. The summed E-state index contributed by atoms with van der Waals surface area (Å²) < 4.78 is 27.0. The van der Waals surface area contributed by atoms with Gasteiger partial charge in [-0.1, -0.05) is 54.6 Å². The lowest BCUT2D eigenvalue weighted by molar-refractivity contribution is -0.387. The number of piperazine rings is 1. The van der Waals surface area contributed by atoms with Crippen LogP contribution in [0.2, 0.25) is 0 Å². The van der Waals surface area contributed by atoms with Crippen LogP contribution in [0.5, 0.6) is 0 Å². The molecular weight excluding hydrogens is 418 g/mol. The molecule has 3 aromatic carbocycles. The number of benzene rings is 3. The Hall–Kier alpha value is -3.30. The van der Waals surface area contributed by atoms with Crippen molar-refractivity contribution in [3.05, 3.63) is 82.4 Å². The molecule has 4 rings (SSSR count). The maximum Gasteiger partial charge on any atom is 0.289 e. The molecule has 1 aliphatic heterocycles. The third kappa shape index (κ3) is 4.28. The molecule has 0 radical (unpaired) electrons. The number of carbonyl (C=O) groups is 1. The summed E-state index contributed by atoms with van der Waals surface area (Å²) in [7, 11) is -4.02. The Morgan fingerprint density at radius 1 is 0.903 bits per heavy atom.